The number of nitrogens with two attached hydrogens (primary N) is 1. The number of anilines is 1. The minimum Gasteiger partial charge on any atom is -0.482 e. The lowest BCUT2D eigenvalue weighted by Crippen LogP contribution is -2.17. The first-order valence-corrected chi connectivity index (χ1v) is 9.22. The molecule has 1 heterocycles. The van der Waals surface area contributed by atoms with E-state index in [0.29, 0.717) is 11.1 Å². The molecular formula is C20H14Cl2F4N2O2. The van der Waals surface area contributed by atoms with Gasteiger partial charge in [-0.1, -0.05) is 35.3 Å². The van der Waals surface area contributed by atoms with Crippen molar-refractivity contribution in [2.24, 2.45) is 0 Å². The van der Waals surface area contributed by atoms with E-state index in [9.17, 15) is 17.6 Å². The third-order valence-electron chi connectivity index (χ3n) is 4.07. The average molecular weight is 461 g/mol. The van der Waals surface area contributed by atoms with Gasteiger partial charge in [0.15, 0.2) is 11.6 Å². The van der Waals surface area contributed by atoms with E-state index in [1.807, 2.05) is 0 Å². The van der Waals surface area contributed by atoms with Crippen LogP contribution in [0.25, 0.3) is 11.1 Å². The molecule has 2 N–H and O–H groups in total. The molecule has 158 valence electrons. The van der Waals surface area contributed by atoms with E-state index < -0.39 is 18.3 Å². The Morgan fingerprint density at radius 1 is 1.07 bits per heavy atom. The lowest BCUT2D eigenvalue weighted by atomic mass is 10.1. The number of hydrogen-bond acceptors (Lipinski definition) is 4. The number of pyridine rings is 1. The molecule has 0 saturated heterocycles. The second-order valence-electron chi connectivity index (χ2n) is 6.20. The van der Waals surface area contributed by atoms with Crippen LogP contribution in [-0.2, 0) is 0 Å². The fourth-order valence-electron chi connectivity index (χ4n) is 2.74. The monoisotopic (exact) mass is 460 g/mol. The zero-order valence-corrected chi connectivity index (χ0v) is 16.8. The molecule has 30 heavy (non-hydrogen) atoms. The summed E-state index contributed by atoms with van der Waals surface area (Å²) in [5.74, 6) is -0.894. The molecular weight excluding hydrogens is 447 g/mol. The smallest absolute Gasteiger partial charge is 0.482 e. The summed E-state index contributed by atoms with van der Waals surface area (Å²) in [6, 6.07) is 9.33. The summed E-state index contributed by atoms with van der Waals surface area (Å²) >= 11 is 12.1. The molecule has 4 nitrogen and oxygen atoms in total. The summed E-state index contributed by atoms with van der Waals surface area (Å²) in [6.07, 6.45) is -4.23. The van der Waals surface area contributed by atoms with Gasteiger partial charge in [-0.05, 0) is 42.8 Å². The number of ether oxygens (including phenoxy) is 2. The third-order valence-corrected chi connectivity index (χ3v) is 4.79. The molecule has 0 amide bonds. The first-order valence-electron chi connectivity index (χ1n) is 8.47. The standard InChI is InChI=1S/C20H14Cl2F4N2O2/c1-10(17-14(21)5-6-15(23)18(17)22)29-16-8-12(9-28-19(16)27)11-3-2-4-13(7-11)30-20(24,25)26/h2-10H,1H3,(H2,27,28). The van der Waals surface area contributed by atoms with Gasteiger partial charge in [-0.2, -0.15) is 0 Å². The molecule has 1 aromatic heterocycles. The van der Waals surface area contributed by atoms with Crippen LogP contribution in [0.15, 0.2) is 48.7 Å². The SMILES string of the molecule is CC(Oc1cc(-c2cccc(OC(F)(F)F)c2)cnc1N)c1c(Cl)ccc(F)c1Cl. The molecule has 10 heteroatoms. The fraction of sp³-hybridized carbons (Fsp3) is 0.150. The van der Waals surface area contributed by atoms with Gasteiger partial charge in [0.2, 0.25) is 0 Å². The van der Waals surface area contributed by atoms with Crippen LogP contribution in [-0.4, -0.2) is 11.3 Å². The van der Waals surface area contributed by atoms with Crippen molar-refractivity contribution in [1.29, 1.82) is 0 Å². The number of alkyl halides is 3. The summed E-state index contributed by atoms with van der Waals surface area (Å²) in [4.78, 5) is 4.02. The normalized spacial score (nSPS) is 12.5. The molecule has 2 aromatic carbocycles. The fourth-order valence-corrected chi connectivity index (χ4v) is 3.42. The zero-order chi connectivity index (χ0) is 22.1. The van der Waals surface area contributed by atoms with Gasteiger partial charge in [0.1, 0.15) is 17.7 Å². The lowest BCUT2D eigenvalue weighted by Gasteiger charge is -2.19. The third kappa shape index (κ3) is 5.06. The Morgan fingerprint density at radius 3 is 2.50 bits per heavy atom. The number of halogens is 6. The van der Waals surface area contributed by atoms with Gasteiger partial charge in [0.25, 0.3) is 0 Å². The summed E-state index contributed by atoms with van der Waals surface area (Å²) in [6.45, 7) is 1.59. The summed E-state index contributed by atoms with van der Waals surface area (Å²) < 4.78 is 60.9. The predicted octanol–water partition coefficient (Wildman–Crippen LogP) is 6.82. The second kappa shape index (κ2) is 8.57. The lowest BCUT2D eigenvalue weighted by molar-refractivity contribution is -0.274. The van der Waals surface area contributed by atoms with Crippen LogP contribution in [0.5, 0.6) is 11.5 Å². The molecule has 0 aliphatic heterocycles. The van der Waals surface area contributed by atoms with Crippen LogP contribution in [0.3, 0.4) is 0 Å². The predicted molar refractivity (Wildman–Crippen MR) is 106 cm³/mol. The maximum Gasteiger partial charge on any atom is 0.573 e. The minimum absolute atomic E-state index is 0.0249. The van der Waals surface area contributed by atoms with Crippen molar-refractivity contribution in [2.45, 2.75) is 19.4 Å². The highest BCUT2D eigenvalue weighted by Gasteiger charge is 2.31. The Bertz CT molecular complexity index is 1080. The van der Waals surface area contributed by atoms with E-state index in [-0.39, 0.29) is 32.9 Å². The first kappa shape index (κ1) is 22.0. The van der Waals surface area contributed by atoms with E-state index >= 15 is 0 Å². The minimum atomic E-state index is -4.81. The second-order valence-corrected chi connectivity index (χ2v) is 6.99. The van der Waals surface area contributed by atoms with Gasteiger partial charge in [0.05, 0.1) is 5.02 Å². The van der Waals surface area contributed by atoms with Crippen molar-refractivity contribution in [2.75, 3.05) is 5.73 Å². The highest BCUT2D eigenvalue weighted by Crippen LogP contribution is 2.37. The number of nitrogen functional groups attached to an aromatic ring is 1. The van der Waals surface area contributed by atoms with Gasteiger partial charge in [-0.15, -0.1) is 13.2 Å². The number of aromatic nitrogens is 1. The summed E-state index contributed by atoms with van der Waals surface area (Å²) in [7, 11) is 0. The number of rotatable bonds is 5. The molecule has 0 bridgehead atoms. The van der Waals surface area contributed by atoms with Crippen LogP contribution in [0.2, 0.25) is 10.0 Å². The van der Waals surface area contributed by atoms with Gasteiger partial charge in [-0.25, -0.2) is 9.37 Å². The summed E-state index contributed by atoms with van der Waals surface area (Å²) in [5, 5.41) is 0.0169. The van der Waals surface area contributed by atoms with E-state index in [1.165, 1.54) is 36.5 Å². The van der Waals surface area contributed by atoms with Crippen molar-refractivity contribution in [3.8, 4) is 22.6 Å². The zero-order valence-electron chi connectivity index (χ0n) is 15.3. The van der Waals surface area contributed by atoms with E-state index in [2.05, 4.69) is 9.72 Å². The highest BCUT2D eigenvalue weighted by molar-refractivity contribution is 6.36. The average Bonchev–Trinajstić information content (AvgIpc) is 2.66. The van der Waals surface area contributed by atoms with Crippen molar-refractivity contribution >= 4 is 29.0 Å². The van der Waals surface area contributed by atoms with Gasteiger partial charge in [-0.3, -0.25) is 0 Å². The molecule has 0 saturated carbocycles. The van der Waals surface area contributed by atoms with Crippen LogP contribution in [0.1, 0.15) is 18.6 Å². The van der Waals surface area contributed by atoms with Crippen molar-refractivity contribution in [1.82, 2.24) is 4.98 Å². The van der Waals surface area contributed by atoms with Crippen LogP contribution in [0, 0.1) is 5.82 Å². The van der Waals surface area contributed by atoms with Crippen molar-refractivity contribution in [3.63, 3.8) is 0 Å². The largest absolute Gasteiger partial charge is 0.573 e. The Balaban J connectivity index is 1.92. The first-order chi connectivity index (χ1) is 14.0. The van der Waals surface area contributed by atoms with Crippen molar-refractivity contribution < 1.29 is 27.0 Å². The molecule has 3 rings (SSSR count). The molecule has 0 fully saturated rings. The molecule has 0 aliphatic carbocycles. The van der Waals surface area contributed by atoms with Gasteiger partial charge < -0.3 is 15.2 Å². The Kier molecular flexibility index (Phi) is 6.28. The van der Waals surface area contributed by atoms with Crippen molar-refractivity contribution in [3.05, 3.63) is 70.1 Å². The topological polar surface area (TPSA) is 57.4 Å². The Morgan fingerprint density at radius 2 is 1.80 bits per heavy atom. The quantitative estimate of drug-likeness (QED) is 0.335. The Labute approximate surface area is 179 Å². The van der Waals surface area contributed by atoms with Crippen LogP contribution in [0.4, 0.5) is 23.4 Å². The number of benzene rings is 2. The molecule has 1 unspecified atom stereocenters. The maximum atomic E-state index is 13.8. The number of hydrogen-bond donors (Lipinski definition) is 1. The van der Waals surface area contributed by atoms with Gasteiger partial charge >= 0.3 is 6.36 Å². The summed E-state index contributed by atoms with van der Waals surface area (Å²) in [5.41, 5.74) is 6.91. The van der Waals surface area contributed by atoms with Crippen LogP contribution >= 0.6 is 23.2 Å². The number of nitrogens with zero attached hydrogens (tertiary/aromatic N) is 1. The van der Waals surface area contributed by atoms with E-state index in [0.717, 1.165) is 6.07 Å². The van der Waals surface area contributed by atoms with E-state index in [4.69, 9.17) is 33.7 Å². The maximum absolute atomic E-state index is 13.8. The van der Waals surface area contributed by atoms with Gasteiger partial charge in [0, 0.05) is 22.3 Å². The Hall–Kier alpha value is -2.71. The molecule has 0 aliphatic rings. The highest BCUT2D eigenvalue weighted by atomic mass is 35.5. The van der Waals surface area contributed by atoms with E-state index in [1.54, 1.807) is 13.0 Å². The molecule has 0 spiro atoms. The molecule has 0 radical (unpaired) electrons. The molecule has 3 aromatic rings. The van der Waals surface area contributed by atoms with Crippen LogP contribution < -0.4 is 15.2 Å². The molecule has 1 atom stereocenters.